The number of hydrogen-bond donors (Lipinski definition) is 2. The van der Waals surface area contributed by atoms with Crippen LogP contribution >= 0.6 is 51.7 Å². The third-order valence-corrected chi connectivity index (χ3v) is 6.37. The number of nitrogens with one attached hydrogen (secondary N) is 2. The number of halogens is 1. The number of methoxy groups -OCH3 is 1. The third kappa shape index (κ3) is 5.78. The molecule has 1 aliphatic rings. The lowest BCUT2D eigenvalue weighted by molar-refractivity contribution is -0.118. The van der Waals surface area contributed by atoms with Crippen LogP contribution in [0.4, 0.5) is 5.69 Å². The van der Waals surface area contributed by atoms with Crippen LogP contribution in [-0.2, 0) is 9.59 Å². The Morgan fingerprint density at radius 1 is 1.37 bits per heavy atom. The van der Waals surface area contributed by atoms with E-state index in [1.165, 1.54) is 18.9 Å². The van der Waals surface area contributed by atoms with Crippen LogP contribution in [0.2, 0.25) is 0 Å². The van der Waals surface area contributed by atoms with Gasteiger partial charge in [-0.25, -0.2) is 0 Å². The zero-order valence-electron chi connectivity index (χ0n) is 16.0. The number of amides is 2. The van der Waals surface area contributed by atoms with Crippen molar-refractivity contribution in [2.45, 2.75) is 4.90 Å². The highest BCUT2D eigenvalue weighted by Crippen LogP contribution is 2.38. The summed E-state index contributed by atoms with van der Waals surface area (Å²) in [6.07, 6.45) is 3.68. The molecule has 10 heteroatoms. The fourth-order valence-electron chi connectivity index (χ4n) is 2.57. The van der Waals surface area contributed by atoms with E-state index in [-0.39, 0.29) is 18.4 Å². The summed E-state index contributed by atoms with van der Waals surface area (Å²) in [7, 11) is 1.51. The van der Waals surface area contributed by atoms with E-state index in [1.54, 1.807) is 30.0 Å². The van der Waals surface area contributed by atoms with Crippen molar-refractivity contribution in [1.29, 1.82) is 0 Å². The fourth-order valence-corrected chi connectivity index (χ4v) is 4.65. The van der Waals surface area contributed by atoms with Crippen LogP contribution in [-0.4, -0.2) is 36.1 Å². The minimum atomic E-state index is -0.291. The van der Waals surface area contributed by atoms with Crippen molar-refractivity contribution in [3.05, 3.63) is 51.3 Å². The molecule has 0 saturated carbocycles. The molecule has 1 heterocycles. The summed E-state index contributed by atoms with van der Waals surface area (Å²) in [5.74, 6) is 0.301. The van der Waals surface area contributed by atoms with Gasteiger partial charge in [0.1, 0.15) is 4.32 Å². The summed E-state index contributed by atoms with van der Waals surface area (Å²) in [5, 5.41) is 5.39. The van der Waals surface area contributed by atoms with Crippen LogP contribution in [0.15, 0.2) is 50.7 Å². The van der Waals surface area contributed by atoms with Crippen molar-refractivity contribution in [1.82, 2.24) is 5.32 Å². The fraction of sp³-hybridized carbons (Fsp3) is 0.150. The zero-order chi connectivity index (χ0) is 21.7. The first-order valence-corrected chi connectivity index (χ1v) is 11.8. The van der Waals surface area contributed by atoms with Gasteiger partial charge in [-0.1, -0.05) is 30.0 Å². The number of thioether (sulfide) groups is 2. The van der Waals surface area contributed by atoms with Gasteiger partial charge in [-0.3, -0.25) is 9.59 Å². The zero-order valence-corrected chi connectivity index (χ0v) is 20.0. The van der Waals surface area contributed by atoms with Gasteiger partial charge in [0.15, 0.2) is 18.1 Å². The summed E-state index contributed by atoms with van der Waals surface area (Å²) in [5.41, 5.74) is 1.43. The summed E-state index contributed by atoms with van der Waals surface area (Å²) < 4.78 is 12.1. The molecule has 0 aromatic heterocycles. The first-order chi connectivity index (χ1) is 14.4. The molecule has 0 spiro atoms. The van der Waals surface area contributed by atoms with Crippen molar-refractivity contribution < 1.29 is 19.1 Å². The summed E-state index contributed by atoms with van der Waals surface area (Å²) in [4.78, 5) is 25.7. The number of carbonyl (C=O) groups excluding carboxylic acids is 2. The van der Waals surface area contributed by atoms with Gasteiger partial charge in [0, 0.05) is 10.6 Å². The lowest BCUT2D eigenvalue weighted by Gasteiger charge is -2.14. The van der Waals surface area contributed by atoms with E-state index in [1.807, 2.05) is 30.5 Å². The van der Waals surface area contributed by atoms with Gasteiger partial charge in [0.05, 0.1) is 16.5 Å². The molecule has 0 aliphatic carbocycles. The predicted molar refractivity (Wildman–Crippen MR) is 129 cm³/mol. The highest BCUT2D eigenvalue weighted by atomic mass is 79.9. The van der Waals surface area contributed by atoms with Gasteiger partial charge in [-0.2, -0.15) is 0 Å². The Hall–Kier alpha value is -2.01. The second-order valence-corrected chi connectivity index (χ2v) is 9.41. The Morgan fingerprint density at radius 2 is 2.17 bits per heavy atom. The number of rotatable bonds is 7. The van der Waals surface area contributed by atoms with Gasteiger partial charge in [0.2, 0.25) is 0 Å². The van der Waals surface area contributed by atoms with E-state index in [0.29, 0.717) is 30.9 Å². The molecule has 0 bridgehead atoms. The molecule has 1 fully saturated rings. The summed E-state index contributed by atoms with van der Waals surface area (Å²) >= 11 is 11.2. The minimum Gasteiger partial charge on any atom is -0.493 e. The standard InChI is InChI=1S/C20H17BrN2O4S3/c1-26-15-7-11(8-16-19(25)23-20(28)30-16)6-14(21)18(15)27-10-17(24)22-12-4-3-5-13(9-12)29-2/h3-9H,10H2,1-2H3,(H,22,24)(H,23,25,28). The second kappa shape index (κ2) is 10.3. The molecule has 0 radical (unpaired) electrons. The molecule has 2 aromatic rings. The van der Waals surface area contributed by atoms with Gasteiger partial charge in [-0.15, -0.1) is 11.8 Å². The molecule has 156 valence electrons. The van der Waals surface area contributed by atoms with Crippen LogP contribution in [0.3, 0.4) is 0 Å². The molecule has 1 aliphatic heterocycles. The number of benzene rings is 2. The largest absolute Gasteiger partial charge is 0.493 e. The van der Waals surface area contributed by atoms with Crippen LogP contribution in [0.5, 0.6) is 11.5 Å². The number of hydrogen-bond acceptors (Lipinski definition) is 7. The first kappa shape index (κ1) is 22.7. The Balaban J connectivity index is 1.71. The molecule has 1 saturated heterocycles. The van der Waals surface area contributed by atoms with E-state index in [9.17, 15) is 9.59 Å². The van der Waals surface area contributed by atoms with Crippen molar-refractivity contribution in [2.75, 3.05) is 25.3 Å². The maximum Gasteiger partial charge on any atom is 0.263 e. The van der Waals surface area contributed by atoms with E-state index < -0.39 is 0 Å². The Morgan fingerprint density at radius 3 is 2.83 bits per heavy atom. The highest BCUT2D eigenvalue weighted by molar-refractivity contribution is 9.10. The van der Waals surface area contributed by atoms with Crippen molar-refractivity contribution in [3.8, 4) is 11.5 Å². The van der Waals surface area contributed by atoms with Crippen LogP contribution in [0.1, 0.15) is 5.56 Å². The van der Waals surface area contributed by atoms with Crippen LogP contribution in [0, 0.1) is 0 Å². The highest BCUT2D eigenvalue weighted by Gasteiger charge is 2.22. The number of anilines is 1. The Bertz CT molecular complexity index is 1040. The molecule has 2 aromatic carbocycles. The van der Waals surface area contributed by atoms with E-state index >= 15 is 0 Å². The van der Waals surface area contributed by atoms with E-state index in [0.717, 1.165) is 10.5 Å². The average Bonchev–Trinajstić information content (AvgIpc) is 3.03. The molecule has 30 heavy (non-hydrogen) atoms. The number of carbonyl (C=O) groups is 2. The molecule has 2 amide bonds. The van der Waals surface area contributed by atoms with Crippen molar-refractivity contribution in [2.24, 2.45) is 0 Å². The quantitative estimate of drug-likeness (QED) is 0.309. The normalized spacial score (nSPS) is 14.6. The third-order valence-electron chi connectivity index (χ3n) is 3.89. The molecule has 0 unspecified atom stereocenters. The van der Waals surface area contributed by atoms with Crippen molar-refractivity contribution in [3.63, 3.8) is 0 Å². The summed E-state index contributed by atoms with van der Waals surface area (Å²) in [6.45, 7) is -0.189. The Labute approximate surface area is 196 Å². The maximum atomic E-state index is 12.3. The van der Waals surface area contributed by atoms with Gasteiger partial charge < -0.3 is 20.1 Å². The van der Waals surface area contributed by atoms with Gasteiger partial charge >= 0.3 is 0 Å². The molecule has 0 atom stereocenters. The maximum absolute atomic E-state index is 12.3. The predicted octanol–water partition coefficient (Wildman–Crippen LogP) is 4.69. The molecular formula is C20H17BrN2O4S3. The SMILES string of the molecule is COc1cc(C=C2SC(=S)NC2=O)cc(Br)c1OCC(=O)Nc1cccc(SC)c1. The number of thiocarbonyl (C=S) groups is 1. The summed E-state index contributed by atoms with van der Waals surface area (Å²) in [6, 6.07) is 11.1. The lowest BCUT2D eigenvalue weighted by atomic mass is 10.2. The minimum absolute atomic E-state index is 0.189. The lowest BCUT2D eigenvalue weighted by Crippen LogP contribution is -2.20. The monoisotopic (exact) mass is 524 g/mol. The van der Waals surface area contributed by atoms with Crippen LogP contribution in [0.25, 0.3) is 6.08 Å². The van der Waals surface area contributed by atoms with E-state index in [2.05, 4.69) is 26.6 Å². The van der Waals surface area contributed by atoms with E-state index in [4.69, 9.17) is 21.7 Å². The molecule has 3 rings (SSSR count). The topological polar surface area (TPSA) is 76.7 Å². The number of ether oxygens (including phenoxy) is 2. The average molecular weight is 525 g/mol. The first-order valence-electron chi connectivity index (χ1n) is 8.58. The molecular weight excluding hydrogens is 508 g/mol. The van der Waals surface area contributed by atoms with Gasteiger partial charge in [-0.05, 0) is 64.2 Å². The second-order valence-electron chi connectivity index (χ2n) is 5.96. The smallest absolute Gasteiger partial charge is 0.263 e. The molecule has 6 nitrogen and oxygen atoms in total. The van der Waals surface area contributed by atoms with Gasteiger partial charge in [0.25, 0.3) is 11.8 Å². The van der Waals surface area contributed by atoms with Crippen LogP contribution < -0.4 is 20.1 Å². The molecule has 2 N–H and O–H groups in total. The Kier molecular flexibility index (Phi) is 7.81. The van der Waals surface area contributed by atoms with Crippen molar-refractivity contribution >= 4 is 79.6 Å².